The number of rotatable bonds is 2. The lowest BCUT2D eigenvalue weighted by atomic mass is 10.1. The summed E-state index contributed by atoms with van der Waals surface area (Å²) in [4.78, 5) is 0. The molecule has 0 amide bonds. The number of nitrogens with one attached hydrogen (secondary N) is 1. The summed E-state index contributed by atoms with van der Waals surface area (Å²) in [6.45, 7) is 1.25. The highest BCUT2D eigenvalue weighted by atomic mass is 79.9. The first-order valence-corrected chi connectivity index (χ1v) is 6.47. The van der Waals surface area contributed by atoms with Gasteiger partial charge in [0.25, 0.3) is 0 Å². The van der Waals surface area contributed by atoms with Crippen LogP contribution in [-0.4, -0.2) is 19.3 Å². The van der Waals surface area contributed by atoms with Gasteiger partial charge in [-0.1, -0.05) is 0 Å². The van der Waals surface area contributed by atoms with Gasteiger partial charge in [0.1, 0.15) is 0 Å². The second-order valence-electron chi connectivity index (χ2n) is 4.25. The highest BCUT2D eigenvalue weighted by molar-refractivity contribution is 9.10. The van der Waals surface area contributed by atoms with Gasteiger partial charge < -0.3 is 10.1 Å². The summed E-state index contributed by atoms with van der Waals surface area (Å²) in [7, 11) is 0. The number of anilines is 1. The van der Waals surface area contributed by atoms with Crippen molar-refractivity contribution in [1.29, 1.82) is 0 Å². The summed E-state index contributed by atoms with van der Waals surface area (Å²) in [5, 5.41) is 3.09. The van der Waals surface area contributed by atoms with Crippen LogP contribution in [0.2, 0.25) is 0 Å². The number of hydrogen-bond donors (Lipinski definition) is 1. The molecular weight excluding hydrogens is 311 g/mol. The molecule has 1 heterocycles. The SMILES string of the molecule is FC(F)(F)c1ccc(Br)c(NC2CCCOC2)c1. The fourth-order valence-corrected chi connectivity index (χ4v) is 2.25. The molecule has 1 atom stereocenters. The van der Waals surface area contributed by atoms with Crippen LogP contribution in [0.15, 0.2) is 22.7 Å². The summed E-state index contributed by atoms with van der Waals surface area (Å²) in [6.07, 6.45) is -2.49. The van der Waals surface area contributed by atoms with E-state index < -0.39 is 11.7 Å². The van der Waals surface area contributed by atoms with Crippen LogP contribution in [0.25, 0.3) is 0 Å². The third-order valence-electron chi connectivity index (χ3n) is 2.81. The van der Waals surface area contributed by atoms with Crippen molar-refractivity contribution in [3.05, 3.63) is 28.2 Å². The van der Waals surface area contributed by atoms with Crippen molar-refractivity contribution in [2.45, 2.75) is 25.1 Å². The summed E-state index contributed by atoms with van der Waals surface area (Å²) >= 11 is 3.25. The van der Waals surface area contributed by atoms with Gasteiger partial charge >= 0.3 is 6.18 Å². The van der Waals surface area contributed by atoms with Crippen molar-refractivity contribution in [3.8, 4) is 0 Å². The molecule has 0 aliphatic carbocycles. The number of halogens is 4. The van der Waals surface area contributed by atoms with Crippen molar-refractivity contribution >= 4 is 21.6 Å². The van der Waals surface area contributed by atoms with Crippen molar-refractivity contribution in [1.82, 2.24) is 0 Å². The fourth-order valence-electron chi connectivity index (χ4n) is 1.89. The minimum absolute atomic E-state index is 0.0681. The monoisotopic (exact) mass is 323 g/mol. The Kier molecular flexibility index (Phi) is 4.17. The molecule has 0 radical (unpaired) electrons. The van der Waals surface area contributed by atoms with Gasteiger partial charge in [-0.15, -0.1) is 0 Å². The zero-order valence-electron chi connectivity index (χ0n) is 9.56. The summed E-state index contributed by atoms with van der Waals surface area (Å²) in [5.74, 6) is 0. The summed E-state index contributed by atoms with van der Waals surface area (Å²) in [6, 6.07) is 3.67. The zero-order valence-corrected chi connectivity index (χ0v) is 11.1. The van der Waals surface area contributed by atoms with E-state index in [0.29, 0.717) is 16.8 Å². The minimum atomic E-state index is -4.32. The molecule has 1 unspecified atom stereocenters. The molecule has 18 heavy (non-hydrogen) atoms. The van der Waals surface area contributed by atoms with E-state index in [1.165, 1.54) is 6.07 Å². The summed E-state index contributed by atoms with van der Waals surface area (Å²) in [5.41, 5.74) is -0.190. The maximum absolute atomic E-state index is 12.6. The average Bonchev–Trinajstić information content (AvgIpc) is 2.32. The van der Waals surface area contributed by atoms with E-state index >= 15 is 0 Å². The van der Waals surface area contributed by atoms with Gasteiger partial charge in [0, 0.05) is 22.8 Å². The number of alkyl halides is 3. The molecule has 100 valence electrons. The number of benzene rings is 1. The lowest BCUT2D eigenvalue weighted by molar-refractivity contribution is -0.137. The van der Waals surface area contributed by atoms with Crippen molar-refractivity contribution in [2.75, 3.05) is 18.5 Å². The predicted octanol–water partition coefficient (Wildman–Crippen LogP) is 4.06. The smallest absolute Gasteiger partial charge is 0.379 e. The summed E-state index contributed by atoms with van der Waals surface area (Å²) < 4.78 is 43.7. The largest absolute Gasteiger partial charge is 0.416 e. The standard InChI is InChI=1S/C12H13BrF3NO/c13-10-4-3-8(12(14,15)16)6-11(10)17-9-2-1-5-18-7-9/h3-4,6,9,17H,1-2,5,7H2. The molecule has 1 fully saturated rings. The van der Waals surface area contributed by atoms with Gasteiger partial charge in [-0.3, -0.25) is 0 Å². The Morgan fingerprint density at radius 1 is 1.33 bits per heavy atom. The van der Waals surface area contributed by atoms with Crippen LogP contribution >= 0.6 is 15.9 Å². The second-order valence-corrected chi connectivity index (χ2v) is 5.11. The third-order valence-corrected chi connectivity index (χ3v) is 3.51. The Bertz CT molecular complexity index is 416. The molecule has 0 aromatic heterocycles. The van der Waals surface area contributed by atoms with Crippen LogP contribution in [0.3, 0.4) is 0 Å². The van der Waals surface area contributed by atoms with Crippen LogP contribution in [0.4, 0.5) is 18.9 Å². The van der Waals surface area contributed by atoms with Crippen LogP contribution < -0.4 is 5.32 Å². The first-order valence-electron chi connectivity index (χ1n) is 5.68. The Morgan fingerprint density at radius 3 is 2.72 bits per heavy atom. The molecule has 1 aliphatic heterocycles. The van der Waals surface area contributed by atoms with E-state index in [-0.39, 0.29) is 6.04 Å². The number of ether oxygens (including phenoxy) is 1. The quantitative estimate of drug-likeness (QED) is 0.886. The van der Waals surface area contributed by atoms with Gasteiger partial charge in [0.2, 0.25) is 0 Å². The third kappa shape index (κ3) is 3.38. The van der Waals surface area contributed by atoms with Gasteiger partial charge in [-0.05, 0) is 47.0 Å². The van der Waals surface area contributed by atoms with E-state index in [9.17, 15) is 13.2 Å². The lowest BCUT2D eigenvalue weighted by Crippen LogP contribution is -2.30. The van der Waals surface area contributed by atoms with E-state index in [2.05, 4.69) is 21.2 Å². The fraction of sp³-hybridized carbons (Fsp3) is 0.500. The van der Waals surface area contributed by atoms with Crippen LogP contribution in [-0.2, 0) is 10.9 Å². The van der Waals surface area contributed by atoms with Gasteiger partial charge in [-0.2, -0.15) is 13.2 Å². The Hall–Kier alpha value is -0.750. The van der Waals surface area contributed by atoms with Gasteiger partial charge in [-0.25, -0.2) is 0 Å². The van der Waals surface area contributed by atoms with E-state index in [1.54, 1.807) is 0 Å². The first-order chi connectivity index (χ1) is 8.47. The molecule has 1 saturated heterocycles. The zero-order chi connectivity index (χ0) is 13.2. The van der Waals surface area contributed by atoms with Crippen LogP contribution in [0.5, 0.6) is 0 Å². The molecule has 0 bridgehead atoms. The topological polar surface area (TPSA) is 21.3 Å². The van der Waals surface area contributed by atoms with Crippen LogP contribution in [0, 0.1) is 0 Å². The van der Waals surface area contributed by atoms with Crippen molar-refractivity contribution < 1.29 is 17.9 Å². The van der Waals surface area contributed by atoms with Crippen LogP contribution in [0.1, 0.15) is 18.4 Å². The molecule has 6 heteroatoms. The van der Waals surface area contributed by atoms with Crippen molar-refractivity contribution in [3.63, 3.8) is 0 Å². The Morgan fingerprint density at radius 2 is 2.11 bits per heavy atom. The highest BCUT2D eigenvalue weighted by Crippen LogP contribution is 2.34. The molecule has 2 nitrogen and oxygen atoms in total. The molecule has 1 aromatic carbocycles. The minimum Gasteiger partial charge on any atom is -0.379 e. The first kappa shape index (κ1) is 13.7. The molecule has 0 spiro atoms. The lowest BCUT2D eigenvalue weighted by Gasteiger charge is -2.25. The van der Waals surface area contributed by atoms with Gasteiger partial charge in [0.05, 0.1) is 12.2 Å². The molecule has 1 N–H and O–H groups in total. The molecule has 1 aromatic rings. The van der Waals surface area contributed by atoms with Gasteiger partial charge in [0.15, 0.2) is 0 Å². The maximum Gasteiger partial charge on any atom is 0.416 e. The van der Waals surface area contributed by atoms with E-state index in [0.717, 1.165) is 31.6 Å². The van der Waals surface area contributed by atoms with Crippen molar-refractivity contribution in [2.24, 2.45) is 0 Å². The Balaban J connectivity index is 2.15. The molecular formula is C12H13BrF3NO. The number of hydrogen-bond acceptors (Lipinski definition) is 2. The molecule has 0 saturated carbocycles. The highest BCUT2D eigenvalue weighted by Gasteiger charge is 2.31. The second kappa shape index (κ2) is 5.48. The predicted molar refractivity (Wildman–Crippen MR) is 66.6 cm³/mol. The Labute approximate surface area is 112 Å². The van der Waals surface area contributed by atoms with E-state index in [4.69, 9.17) is 4.74 Å². The molecule has 2 rings (SSSR count). The normalized spacial score (nSPS) is 20.8. The average molecular weight is 324 g/mol. The molecule has 1 aliphatic rings. The van der Waals surface area contributed by atoms with E-state index in [1.807, 2.05) is 0 Å². The maximum atomic E-state index is 12.6.